The van der Waals surface area contributed by atoms with Crippen LogP contribution in [0.5, 0.6) is 0 Å². The number of nitrogens with one attached hydrogen (secondary N) is 1. The van der Waals surface area contributed by atoms with E-state index >= 15 is 0 Å². The number of sulfonamides is 1. The van der Waals surface area contributed by atoms with Gasteiger partial charge in [0.05, 0.1) is 6.33 Å². The van der Waals surface area contributed by atoms with Gasteiger partial charge in [0, 0.05) is 31.2 Å². The van der Waals surface area contributed by atoms with E-state index in [9.17, 15) is 8.42 Å². The quantitative estimate of drug-likeness (QED) is 0.544. The predicted molar refractivity (Wildman–Crippen MR) is 137 cm³/mol. The van der Waals surface area contributed by atoms with Crippen LogP contribution in [0.15, 0.2) is 66.1 Å². The molecule has 1 aliphatic heterocycles. The second kappa shape index (κ2) is 9.19. The van der Waals surface area contributed by atoms with Gasteiger partial charge in [0.25, 0.3) is 10.0 Å². The van der Waals surface area contributed by atoms with E-state index in [1.54, 1.807) is 17.8 Å². The van der Waals surface area contributed by atoms with Crippen molar-refractivity contribution in [1.82, 2.24) is 19.2 Å². The van der Waals surface area contributed by atoms with E-state index in [2.05, 4.69) is 63.1 Å². The van der Waals surface area contributed by atoms with Crippen LogP contribution < -0.4 is 4.72 Å². The van der Waals surface area contributed by atoms with Gasteiger partial charge in [-0.3, -0.25) is 4.90 Å². The second-order valence-corrected chi connectivity index (χ2v) is 12.3. The molecule has 7 heteroatoms. The summed E-state index contributed by atoms with van der Waals surface area (Å²) in [4.78, 5) is 6.70. The van der Waals surface area contributed by atoms with Crippen LogP contribution in [0, 0.1) is 0 Å². The molecule has 1 aromatic heterocycles. The minimum Gasteiger partial charge on any atom is -0.339 e. The first-order valence-corrected chi connectivity index (χ1v) is 14.4. The van der Waals surface area contributed by atoms with Crippen molar-refractivity contribution in [2.45, 2.75) is 67.5 Å². The fraction of sp³-hybridized carbons (Fsp3) is 0.464. The summed E-state index contributed by atoms with van der Waals surface area (Å²) >= 11 is 0. The normalized spacial score (nSPS) is 26.5. The molecule has 1 saturated heterocycles. The summed E-state index contributed by atoms with van der Waals surface area (Å²) in [6.45, 7) is 2.46. The molecule has 2 aromatic carbocycles. The van der Waals surface area contributed by atoms with Gasteiger partial charge in [-0.1, -0.05) is 48.5 Å². The van der Waals surface area contributed by atoms with E-state index in [0.29, 0.717) is 17.9 Å². The summed E-state index contributed by atoms with van der Waals surface area (Å²) in [6.07, 6.45) is 9.53. The van der Waals surface area contributed by atoms with Crippen molar-refractivity contribution >= 4 is 10.0 Å². The Morgan fingerprint density at radius 1 is 1.09 bits per heavy atom. The van der Waals surface area contributed by atoms with Gasteiger partial charge in [0.2, 0.25) is 0 Å². The standard InChI is InChI=1S/C28H34N4O2S/c1-31-18-28(29-19-31)35(33,34)30-24-15-23(16-24)22-9-8-21-10-11-27(32-12-5-13-32)26(25(21)17-22)14-20-6-3-2-4-7-20/h2-4,6-9,17-19,23-24,26-27,30H,5,10-16H2,1H3/t23?,24?,26-,27+/m1/s1. The Morgan fingerprint density at radius 2 is 1.89 bits per heavy atom. The average Bonchev–Trinajstić information content (AvgIpc) is 3.24. The zero-order chi connectivity index (χ0) is 24.0. The highest BCUT2D eigenvalue weighted by Gasteiger charge is 2.38. The first-order valence-electron chi connectivity index (χ1n) is 12.9. The number of hydrogen-bond acceptors (Lipinski definition) is 4. The summed E-state index contributed by atoms with van der Waals surface area (Å²) in [5.41, 5.74) is 5.79. The molecule has 0 unspecified atom stereocenters. The van der Waals surface area contributed by atoms with Gasteiger partial charge in [-0.15, -0.1) is 0 Å². The minimum atomic E-state index is -3.56. The third-order valence-corrected chi connectivity index (χ3v) is 9.69. The van der Waals surface area contributed by atoms with Gasteiger partial charge in [0.1, 0.15) is 0 Å². The molecule has 0 amide bonds. The first-order chi connectivity index (χ1) is 17.0. The molecule has 0 bridgehead atoms. The summed E-state index contributed by atoms with van der Waals surface area (Å²) in [7, 11) is -1.79. The van der Waals surface area contributed by atoms with Gasteiger partial charge in [-0.05, 0) is 79.8 Å². The summed E-state index contributed by atoms with van der Waals surface area (Å²) in [6, 6.07) is 18.6. The van der Waals surface area contributed by atoms with Gasteiger partial charge < -0.3 is 4.57 Å². The monoisotopic (exact) mass is 490 g/mol. The van der Waals surface area contributed by atoms with Crippen LogP contribution in [0.4, 0.5) is 0 Å². The average molecular weight is 491 g/mol. The maximum Gasteiger partial charge on any atom is 0.259 e. The van der Waals surface area contributed by atoms with Crippen LogP contribution in [0.1, 0.15) is 59.8 Å². The zero-order valence-corrected chi connectivity index (χ0v) is 21.1. The third kappa shape index (κ3) is 4.57. The number of likely N-dealkylation sites (tertiary alicyclic amines) is 1. The highest BCUT2D eigenvalue weighted by molar-refractivity contribution is 7.89. The Kier molecular flexibility index (Phi) is 6.03. The number of imidazole rings is 1. The number of benzene rings is 2. The maximum atomic E-state index is 12.6. The van der Waals surface area contributed by atoms with Crippen molar-refractivity contribution in [3.63, 3.8) is 0 Å². The van der Waals surface area contributed by atoms with Gasteiger partial charge in [-0.2, -0.15) is 0 Å². The van der Waals surface area contributed by atoms with Crippen molar-refractivity contribution in [2.75, 3.05) is 13.1 Å². The Hall–Kier alpha value is -2.48. The zero-order valence-electron chi connectivity index (χ0n) is 20.3. The third-order valence-electron chi connectivity index (χ3n) is 8.29. The topological polar surface area (TPSA) is 67.2 Å². The van der Waals surface area contributed by atoms with Gasteiger partial charge in [-0.25, -0.2) is 18.1 Å². The predicted octanol–water partition coefficient (Wildman–Crippen LogP) is 3.99. The molecule has 6 nitrogen and oxygen atoms in total. The number of fused-ring (bicyclic) bond motifs is 1. The molecule has 6 rings (SSSR count). The SMILES string of the molecule is Cn1cnc(S(=O)(=O)NC2CC(c3ccc4c(c3)[C@@H](Cc3ccccc3)[C@@H](N3CCC3)CC4)C2)c1. The number of hydrogen-bond donors (Lipinski definition) is 1. The Labute approximate surface area is 208 Å². The van der Waals surface area contributed by atoms with Crippen molar-refractivity contribution < 1.29 is 8.42 Å². The lowest BCUT2D eigenvalue weighted by atomic mass is 9.71. The molecule has 1 saturated carbocycles. The molecule has 2 fully saturated rings. The van der Waals surface area contributed by atoms with Crippen LogP contribution in [-0.2, 0) is 29.9 Å². The maximum absolute atomic E-state index is 12.6. The second-order valence-electron chi connectivity index (χ2n) is 10.6. The van der Waals surface area contributed by atoms with Gasteiger partial charge >= 0.3 is 0 Å². The van der Waals surface area contributed by atoms with E-state index in [1.807, 2.05) is 0 Å². The Morgan fingerprint density at radius 3 is 2.57 bits per heavy atom. The molecule has 1 N–H and O–H groups in total. The van der Waals surface area contributed by atoms with Crippen molar-refractivity contribution in [3.05, 3.63) is 83.3 Å². The van der Waals surface area contributed by atoms with E-state index in [4.69, 9.17) is 0 Å². The lowest BCUT2D eigenvalue weighted by molar-refractivity contribution is 0.0876. The fourth-order valence-corrected chi connectivity index (χ4v) is 7.41. The van der Waals surface area contributed by atoms with Crippen LogP contribution in [0.25, 0.3) is 0 Å². The first kappa shape index (κ1) is 23.0. The summed E-state index contributed by atoms with van der Waals surface area (Å²) < 4.78 is 29.8. The van der Waals surface area contributed by atoms with E-state index in [1.165, 1.54) is 54.5 Å². The summed E-state index contributed by atoms with van der Waals surface area (Å²) in [5.74, 6) is 0.915. The molecular weight excluding hydrogens is 456 g/mol. The molecule has 3 aliphatic rings. The molecule has 3 aromatic rings. The van der Waals surface area contributed by atoms with E-state index < -0.39 is 10.0 Å². The minimum absolute atomic E-state index is 0.0306. The fourth-order valence-electron chi connectivity index (χ4n) is 6.17. The highest BCUT2D eigenvalue weighted by Crippen LogP contribution is 2.43. The largest absolute Gasteiger partial charge is 0.339 e. The van der Waals surface area contributed by atoms with Crippen LogP contribution in [-0.4, -0.2) is 48.0 Å². The summed E-state index contributed by atoms with van der Waals surface area (Å²) in [5, 5.41) is 0.0954. The molecule has 2 aliphatic carbocycles. The molecule has 2 atom stereocenters. The van der Waals surface area contributed by atoms with Crippen molar-refractivity contribution in [2.24, 2.45) is 7.05 Å². The molecule has 35 heavy (non-hydrogen) atoms. The lowest BCUT2D eigenvalue weighted by Crippen LogP contribution is -2.50. The van der Waals surface area contributed by atoms with Crippen LogP contribution in [0.2, 0.25) is 0 Å². The Bertz CT molecular complexity index is 1290. The smallest absolute Gasteiger partial charge is 0.259 e. The number of nitrogens with zero attached hydrogens (tertiary/aromatic N) is 3. The van der Waals surface area contributed by atoms with Gasteiger partial charge in [0.15, 0.2) is 5.03 Å². The van der Waals surface area contributed by atoms with Crippen molar-refractivity contribution in [1.29, 1.82) is 0 Å². The lowest BCUT2D eigenvalue weighted by Gasteiger charge is -2.46. The Balaban J connectivity index is 1.19. The molecule has 2 heterocycles. The number of rotatable bonds is 7. The molecule has 0 spiro atoms. The highest BCUT2D eigenvalue weighted by atomic mass is 32.2. The van der Waals surface area contributed by atoms with E-state index in [0.717, 1.165) is 25.7 Å². The molecule has 184 valence electrons. The molecular formula is C28H34N4O2S. The van der Waals surface area contributed by atoms with Crippen LogP contribution >= 0.6 is 0 Å². The molecule has 0 radical (unpaired) electrons. The van der Waals surface area contributed by atoms with Crippen molar-refractivity contribution in [3.8, 4) is 0 Å². The van der Waals surface area contributed by atoms with Crippen LogP contribution in [0.3, 0.4) is 0 Å². The van der Waals surface area contributed by atoms with E-state index in [-0.39, 0.29) is 11.1 Å². The number of aryl methyl sites for hydroxylation is 2. The number of aromatic nitrogens is 2.